The zero-order valence-corrected chi connectivity index (χ0v) is 19.8. The van der Waals surface area contributed by atoms with Gasteiger partial charge >= 0.3 is 6.03 Å². The summed E-state index contributed by atoms with van der Waals surface area (Å²) in [5.41, 5.74) is 4.77. The van der Waals surface area contributed by atoms with Crippen LogP contribution in [0.15, 0.2) is 48.5 Å². The largest absolute Gasteiger partial charge is 0.497 e. The van der Waals surface area contributed by atoms with Crippen LogP contribution in [0.25, 0.3) is 10.9 Å². The first kappa shape index (κ1) is 20.4. The van der Waals surface area contributed by atoms with Gasteiger partial charge in [-0.25, -0.2) is 4.79 Å². The summed E-state index contributed by atoms with van der Waals surface area (Å²) in [7, 11) is 1.69. The van der Waals surface area contributed by atoms with Crippen LogP contribution in [-0.4, -0.2) is 35.1 Å². The third-order valence-corrected chi connectivity index (χ3v) is 9.14. The van der Waals surface area contributed by atoms with E-state index in [1.807, 2.05) is 12.1 Å². The Balaban J connectivity index is 1.26. The minimum atomic E-state index is -0.129. The summed E-state index contributed by atoms with van der Waals surface area (Å²) < 4.78 is 5.41. The fourth-order valence-electron chi connectivity index (χ4n) is 8.15. The number of amides is 2. The average molecular weight is 456 g/mol. The Morgan fingerprint density at radius 1 is 1.00 bits per heavy atom. The molecule has 5 aliphatic rings. The Hall–Kier alpha value is -2.95. The molecule has 1 aliphatic heterocycles. The van der Waals surface area contributed by atoms with E-state index in [4.69, 9.17) is 4.74 Å². The third kappa shape index (κ3) is 3.16. The molecule has 0 radical (unpaired) electrons. The number of benzene rings is 2. The molecular formula is C29H33N3O2. The molecule has 4 fully saturated rings. The molecule has 4 aliphatic carbocycles. The molecule has 0 spiro atoms. The highest BCUT2D eigenvalue weighted by Gasteiger charge is 2.52. The number of carbonyl (C=O) groups excluding carboxylic acids is 1. The van der Waals surface area contributed by atoms with Crippen molar-refractivity contribution in [3.05, 3.63) is 65.4 Å². The number of methoxy groups -OCH3 is 1. The first-order valence-corrected chi connectivity index (χ1v) is 12.9. The number of hydrogen-bond donors (Lipinski definition) is 2. The Labute approximate surface area is 200 Å². The van der Waals surface area contributed by atoms with Crippen LogP contribution in [0.4, 0.5) is 4.79 Å². The maximum absolute atomic E-state index is 14.0. The van der Waals surface area contributed by atoms with Crippen molar-refractivity contribution >= 4 is 16.9 Å². The van der Waals surface area contributed by atoms with Gasteiger partial charge in [-0.3, -0.25) is 0 Å². The molecule has 4 saturated carbocycles. The summed E-state index contributed by atoms with van der Waals surface area (Å²) in [5, 5.41) is 4.90. The van der Waals surface area contributed by atoms with Gasteiger partial charge < -0.3 is 19.9 Å². The molecule has 5 heteroatoms. The first-order chi connectivity index (χ1) is 16.6. The van der Waals surface area contributed by atoms with Crippen LogP contribution in [-0.2, 0) is 6.42 Å². The number of rotatable bonds is 3. The van der Waals surface area contributed by atoms with Crippen molar-refractivity contribution < 1.29 is 9.53 Å². The van der Waals surface area contributed by atoms with E-state index in [1.165, 1.54) is 49.5 Å². The van der Waals surface area contributed by atoms with Crippen molar-refractivity contribution in [3.63, 3.8) is 0 Å². The maximum Gasteiger partial charge on any atom is 0.318 e. The molecule has 0 saturated heterocycles. The van der Waals surface area contributed by atoms with Crippen molar-refractivity contribution in [2.24, 2.45) is 17.8 Å². The SMILES string of the molecule is COc1ccc(C2c3[nH]c4ccccc4c3CCN2C(=O)NC23CC4CC(CC(C4)C2)C3)cc1. The van der Waals surface area contributed by atoms with Crippen LogP contribution in [0.3, 0.4) is 0 Å². The van der Waals surface area contributed by atoms with E-state index in [9.17, 15) is 4.79 Å². The van der Waals surface area contributed by atoms with Gasteiger partial charge in [0.2, 0.25) is 0 Å². The fourth-order valence-corrected chi connectivity index (χ4v) is 8.15. The Kier molecular flexibility index (Phi) is 4.52. The zero-order chi connectivity index (χ0) is 22.9. The van der Waals surface area contributed by atoms with Crippen LogP contribution in [0.2, 0.25) is 0 Å². The summed E-state index contributed by atoms with van der Waals surface area (Å²) >= 11 is 0. The number of aromatic nitrogens is 1. The summed E-state index contributed by atoms with van der Waals surface area (Å²) in [6, 6.07) is 16.7. The van der Waals surface area contributed by atoms with E-state index < -0.39 is 0 Å². The van der Waals surface area contributed by atoms with Crippen LogP contribution >= 0.6 is 0 Å². The summed E-state index contributed by atoms with van der Waals surface area (Å²) in [6.45, 7) is 0.726. The molecule has 1 aromatic heterocycles. The van der Waals surface area contributed by atoms with Crippen LogP contribution < -0.4 is 10.1 Å². The molecule has 5 nitrogen and oxygen atoms in total. The maximum atomic E-state index is 14.0. The number of hydrogen-bond acceptors (Lipinski definition) is 2. The van der Waals surface area contributed by atoms with Crippen LogP contribution in [0.1, 0.15) is 61.4 Å². The molecule has 3 aromatic rings. The molecular weight excluding hydrogens is 422 g/mol. The Bertz CT molecular complexity index is 1210. The number of nitrogens with one attached hydrogen (secondary N) is 2. The van der Waals surface area contributed by atoms with E-state index in [2.05, 4.69) is 51.6 Å². The van der Waals surface area contributed by atoms with E-state index in [0.29, 0.717) is 0 Å². The second-order valence-corrected chi connectivity index (χ2v) is 11.3. The predicted molar refractivity (Wildman–Crippen MR) is 133 cm³/mol. The molecule has 8 rings (SSSR count). The first-order valence-electron chi connectivity index (χ1n) is 12.9. The van der Waals surface area contributed by atoms with E-state index >= 15 is 0 Å². The minimum absolute atomic E-state index is 0.0109. The van der Waals surface area contributed by atoms with Gasteiger partial charge in [0.1, 0.15) is 5.75 Å². The monoisotopic (exact) mass is 455 g/mol. The second-order valence-electron chi connectivity index (χ2n) is 11.3. The normalized spacial score (nSPS) is 31.5. The van der Waals surface area contributed by atoms with Gasteiger partial charge in [0.25, 0.3) is 0 Å². The fraction of sp³-hybridized carbons (Fsp3) is 0.483. The molecule has 1 unspecified atom stereocenters. The van der Waals surface area contributed by atoms with Crippen molar-refractivity contribution in [3.8, 4) is 5.75 Å². The molecule has 176 valence electrons. The predicted octanol–water partition coefficient (Wildman–Crippen LogP) is 5.80. The lowest BCUT2D eigenvalue weighted by molar-refractivity contribution is -0.0163. The lowest BCUT2D eigenvalue weighted by Gasteiger charge is -2.57. The molecule has 2 aromatic carbocycles. The van der Waals surface area contributed by atoms with Crippen molar-refractivity contribution in [2.75, 3.05) is 13.7 Å². The van der Waals surface area contributed by atoms with Gasteiger partial charge in [0.15, 0.2) is 0 Å². The number of carbonyl (C=O) groups is 1. The number of urea groups is 1. The summed E-state index contributed by atoms with van der Waals surface area (Å²) in [4.78, 5) is 19.8. The summed E-state index contributed by atoms with van der Waals surface area (Å²) in [6.07, 6.45) is 8.53. The number of H-pyrrole nitrogens is 1. The van der Waals surface area contributed by atoms with Gasteiger partial charge in [-0.1, -0.05) is 30.3 Å². The molecule has 2 heterocycles. The Morgan fingerprint density at radius 3 is 2.35 bits per heavy atom. The highest BCUT2D eigenvalue weighted by Crippen LogP contribution is 2.55. The summed E-state index contributed by atoms with van der Waals surface area (Å²) in [5.74, 6) is 3.27. The highest BCUT2D eigenvalue weighted by molar-refractivity contribution is 5.86. The van der Waals surface area contributed by atoms with Gasteiger partial charge in [-0.15, -0.1) is 0 Å². The van der Waals surface area contributed by atoms with E-state index in [0.717, 1.165) is 53.2 Å². The molecule has 34 heavy (non-hydrogen) atoms. The standard InChI is InChI=1S/C29H33N3O2/c1-34-22-8-6-21(7-9-22)27-26-24(23-4-2-3-5-25(23)30-26)10-11-32(27)28(33)31-29-15-18-12-19(16-29)14-20(13-18)17-29/h2-9,18-20,27,30H,10-17H2,1H3,(H,31,33). The molecule has 2 amide bonds. The number of aromatic amines is 1. The van der Waals surface area contributed by atoms with Gasteiger partial charge in [-0.05, 0) is 92.0 Å². The third-order valence-electron chi connectivity index (χ3n) is 9.14. The average Bonchev–Trinajstić information content (AvgIpc) is 3.21. The quantitative estimate of drug-likeness (QED) is 0.524. The van der Waals surface area contributed by atoms with Crippen molar-refractivity contribution in [1.82, 2.24) is 15.2 Å². The van der Waals surface area contributed by atoms with E-state index in [1.54, 1.807) is 7.11 Å². The lowest BCUT2D eigenvalue weighted by Crippen LogP contribution is -2.62. The van der Waals surface area contributed by atoms with Crippen LogP contribution in [0, 0.1) is 17.8 Å². The topological polar surface area (TPSA) is 57.4 Å². The van der Waals surface area contributed by atoms with Crippen molar-refractivity contribution in [1.29, 1.82) is 0 Å². The lowest BCUT2D eigenvalue weighted by atomic mass is 9.53. The zero-order valence-electron chi connectivity index (χ0n) is 19.8. The number of ether oxygens (including phenoxy) is 1. The highest BCUT2D eigenvalue weighted by atomic mass is 16.5. The second kappa shape index (κ2) is 7.53. The number of nitrogens with zero attached hydrogens (tertiary/aromatic N) is 1. The molecule has 2 N–H and O–H groups in total. The number of para-hydroxylation sites is 1. The van der Waals surface area contributed by atoms with Gasteiger partial charge in [0, 0.05) is 28.7 Å². The van der Waals surface area contributed by atoms with Crippen molar-refractivity contribution in [2.45, 2.75) is 56.5 Å². The smallest absolute Gasteiger partial charge is 0.318 e. The van der Waals surface area contributed by atoms with Crippen LogP contribution in [0.5, 0.6) is 5.75 Å². The Morgan fingerprint density at radius 2 is 1.68 bits per heavy atom. The van der Waals surface area contributed by atoms with E-state index in [-0.39, 0.29) is 17.6 Å². The van der Waals surface area contributed by atoms with Gasteiger partial charge in [0.05, 0.1) is 13.2 Å². The molecule has 4 bridgehead atoms. The molecule has 1 atom stereocenters. The number of fused-ring (bicyclic) bond motifs is 3. The minimum Gasteiger partial charge on any atom is -0.497 e. The van der Waals surface area contributed by atoms with Gasteiger partial charge in [-0.2, -0.15) is 0 Å².